The first kappa shape index (κ1) is 14.6. The molecule has 1 heterocycles. The van der Waals surface area contributed by atoms with E-state index < -0.39 is 5.60 Å². The van der Waals surface area contributed by atoms with Gasteiger partial charge in [0.1, 0.15) is 0 Å². The molecule has 0 spiro atoms. The van der Waals surface area contributed by atoms with Crippen molar-refractivity contribution in [2.45, 2.75) is 33.3 Å². The van der Waals surface area contributed by atoms with Crippen LogP contribution in [0, 0.1) is 6.92 Å². The lowest BCUT2D eigenvalue weighted by Crippen LogP contribution is -2.38. The van der Waals surface area contributed by atoms with Crippen molar-refractivity contribution in [2.75, 3.05) is 23.7 Å². The van der Waals surface area contributed by atoms with E-state index in [1.807, 2.05) is 45.2 Å². The van der Waals surface area contributed by atoms with Crippen LogP contribution in [-0.4, -0.2) is 28.8 Å². The Hall–Kier alpha value is -1.81. The summed E-state index contributed by atoms with van der Waals surface area (Å²) >= 11 is 0. The summed E-state index contributed by atoms with van der Waals surface area (Å²) in [6.45, 7) is 9.10. The van der Waals surface area contributed by atoms with Gasteiger partial charge in [0.05, 0.1) is 5.60 Å². The molecule has 4 heteroatoms. The molecule has 0 saturated carbocycles. The minimum absolute atomic E-state index is 0.573. The molecule has 0 aliphatic carbocycles. The number of nitrogens with two attached hydrogens (primary N) is 1. The fraction of sp³-hybridized carbons (Fsp3) is 0.438. The SMILES string of the molecule is CCN(CC(C)(C)O)c1ccc(N)c2cnc(C)cc12. The highest BCUT2D eigenvalue weighted by molar-refractivity contribution is 6.01. The van der Waals surface area contributed by atoms with Crippen molar-refractivity contribution in [1.29, 1.82) is 0 Å². The second-order valence-corrected chi connectivity index (χ2v) is 5.87. The van der Waals surface area contributed by atoms with Gasteiger partial charge in [-0.15, -0.1) is 0 Å². The standard InChI is InChI=1S/C16H23N3O/c1-5-19(10-16(3,4)20)15-7-6-14(17)13-9-18-11(2)8-12(13)15/h6-9,20H,5,10,17H2,1-4H3. The monoisotopic (exact) mass is 273 g/mol. The maximum absolute atomic E-state index is 10.1. The average Bonchev–Trinajstić information content (AvgIpc) is 2.35. The third-order valence-corrected chi connectivity index (χ3v) is 3.35. The molecule has 0 aliphatic rings. The number of aromatic nitrogens is 1. The molecule has 108 valence electrons. The van der Waals surface area contributed by atoms with Crippen LogP contribution in [0.1, 0.15) is 26.5 Å². The third kappa shape index (κ3) is 3.02. The first-order chi connectivity index (χ1) is 9.31. The van der Waals surface area contributed by atoms with E-state index in [0.29, 0.717) is 6.54 Å². The molecule has 20 heavy (non-hydrogen) atoms. The van der Waals surface area contributed by atoms with Crippen molar-refractivity contribution in [3.8, 4) is 0 Å². The molecule has 0 unspecified atom stereocenters. The molecule has 0 bridgehead atoms. The average molecular weight is 273 g/mol. The fourth-order valence-corrected chi connectivity index (χ4v) is 2.46. The van der Waals surface area contributed by atoms with Crippen molar-refractivity contribution in [3.63, 3.8) is 0 Å². The topological polar surface area (TPSA) is 62.4 Å². The number of nitrogen functional groups attached to an aromatic ring is 1. The summed E-state index contributed by atoms with van der Waals surface area (Å²) in [4.78, 5) is 6.49. The summed E-state index contributed by atoms with van der Waals surface area (Å²) in [5.41, 5.74) is 8.07. The second kappa shape index (κ2) is 5.29. The predicted molar refractivity (Wildman–Crippen MR) is 85.1 cm³/mol. The van der Waals surface area contributed by atoms with E-state index in [1.54, 1.807) is 0 Å². The molecule has 3 N–H and O–H groups in total. The Labute approximate surface area is 120 Å². The quantitative estimate of drug-likeness (QED) is 0.841. The summed E-state index contributed by atoms with van der Waals surface area (Å²) in [6.07, 6.45) is 1.82. The maximum atomic E-state index is 10.1. The van der Waals surface area contributed by atoms with Gasteiger partial charge in [-0.1, -0.05) is 0 Å². The minimum atomic E-state index is -0.744. The minimum Gasteiger partial charge on any atom is -0.398 e. The van der Waals surface area contributed by atoms with Gasteiger partial charge in [-0.2, -0.15) is 0 Å². The molecular formula is C16H23N3O. The van der Waals surface area contributed by atoms with E-state index in [2.05, 4.69) is 16.8 Å². The van der Waals surface area contributed by atoms with E-state index in [-0.39, 0.29) is 0 Å². The molecule has 4 nitrogen and oxygen atoms in total. The highest BCUT2D eigenvalue weighted by Crippen LogP contribution is 2.31. The van der Waals surface area contributed by atoms with E-state index in [4.69, 9.17) is 5.73 Å². The van der Waals surface area contributed by atoms with Crippen molar-refractivity contribution >= 4 is 22.1 Å². The van der Waals surface area contributed by atoms with Crippen molar-refractivity contribution in [2.24, 2.45) is 0 Å². The molecule has 2 rings (SSSR count). The number of pyridine rings is 1. The van der Waals surface area contributed by atoms with Gasteiger partial charge in [0.15, 0.2) is 0 Å². The molecule has 0 fully saturated rings. The molecule has 2 aromatic rings. The van der Waals surface area contributed by atoms with Crippen LogP contribution in [0.2, 0.25) is 0 Å². The van der Waals surface area contributed by atoms with Crippen LogP contribution in [0.25, 0.3) is 10.8 Å². The Morgan fingerprint density at radius 1 is 1.30 bits per heavy atom. The van der Waals surface area contributed by atoms with Gasteiger partial charge in [0.25, 0.3) is 0 Å². The molecule has 1 aromatic heterocycles. The van der Waals surface area contributed by atoms with Crippen molar-refractivity contribution in [1.82, 2.24) is 4.98 Å². The summed E-state index contributed by atoms with van der Waals surface area (Å²) in [5.74, 6) is 0. The summed E-state index contributed by atoms with van der Waals surface area (Å²) in [6, 6.07) is 5.97. The number of nitrogens with zero attached hydrogens (tertiary/aromatic N) is 2. The highest BCUT2D eigenvalue weighted by Gasteiger charge is 2.19. The van der Waals surface area contributed by atoms with Gasteiger partial charge in [-0.3, -0.25) is 4.98 Å². The molecule has 0 amide bonds. The lowest BCUT2D eigenvalue weighted by molar-refractivity contribution is 0.0876. The molecule has 0 radical (unpaired) electrons. The number of likely N-dealkylation sites (N-methyl/N-ethyl adjacent to an activating group) is 1. The maximum Gasteiger partial charge on any atom is 0.0765 e. The number of hydrogen-bond donors (Lipinski definition) is 2. The molecule has 0 atom stereocenters. The Kier molecular flexibility index (Phi) is 3.86. The molecular weight excluding hydrogens is 250 g/mol. The summed E-state index contributed by atoms with van der Waals surface area (Å²) in [7, 11) is 0. The zero-order valence-corrected chi connectivity index (χ0v) is 12.6. The molecule has 0 aliphatic heterocycles. The van der Waals surface area contributed by atoms with E-state index in [9.17, 15) is 5.11 Å². The molecule has 0 saturated heterocycles. The number of hydrogen-bond acceptors (Lipinski definition) is 4. The van der Waals surface area contributed by atoms with Gasteiger partial charge in [0, 0.05) is 47.1 Å². The van der Waals surface area contributed by atoms with Gasteiger partial charge >= 0.3 is 0 Å². The van der Waals surface area contributed by atoms with Crippen molar-refractivity contribution < 1.29 is 5.11 Å². The van der Waals surface area contributed by atoms with Crippen LogP contribution in [-0.2, 0) is 0 Å². The van der Waals surface area contributed by atoms with E-state index in [0.717, 1.165) is 34.4 Å². The first-order valence-electron chi connectivity index (χ1n) is 6.94. The third-order valence-electron chi connectivity index (χ3n) is 3.35. The van der Waals surface area contributed by atoms with Gasteiger partial charge in [0.2, 0.25) is 0 Å². The second-order valence-electron chi connectivity index (χ2n) is 5.87. The Morgan fingerprint density at radius 2 is 2.00 bits per heavy atom. The van der Waals surface area contributed by atoms with E-state index in [1.165, 1.54) is 0 Å². The number of fused-ring (bicyclic) bond motifs is 1. The van der Waals surface area contributed by atoms with Gasteiger partial charge < -0.3 is 15.7 Å². The Bertz CT molecular complexity index is 617. The van der Waals surface area contributed by atoms with Crippen LogP contribution < -0.4 is 10.6 Å². The lowest BCUT2D eigenvalue weighted by atomic mass is 10.0. The summed E-state index contributed by atoms with van der Waals surface area (Å²) < 4.78 is 0. The fourth-order valence-electron chi connectivity index (χ4n) is 2.46. The number of rotatable bonds is 4. The Balaban J connectivity index is 2.58. The normalized spacial score (nSPS) is 11.8. The molecule has 1 aromatic carbocycles. The van der Waals surface area contributed by atoms with Crippen LogP contribution in [0.3, 0.4) is 0 Å². The van der Waals surface area contributed by atoms with E-state index >= 15 is 0 Å². The summed E-state index contributed by atoms with van der Waals surface area (Å²) in [5, 5.41) is 12.1. The first-order valence-corrected chi connectivity index (χ1v) is 6.94. The Morgan fingerprint density at radius 3 is 2.60 bits per heavy atom. The lowest BCUT2D eigenvalue weighted by Gasteiger charge is -2.31. The number of aryl methyl sites for hydroxylation is 1. The number of benzene rings is 1. The smallest absolute Gasteiger partial charge is 0.0765 e. The largest absolute Gasteiger partial charge is 0.398 e. The van der Waals surface area contributed by atoms with Crippen LogP contribution >= 0.6 is 0 Å². The van der Waals surface area contributed by atoms with Gasteiger partial charge in [-0.05, 0) is 45.9 Å². The zero-order valence-electron chi connectivity index (χ0n) is 12.6. The van der Waals surface area contributed by atoms with Crippen LogP contribution in [0.15, 0.2) is 24.4 Å². The number of aliphatic hydroxyl groups is 1. The zero-order chi connectivity index (χ0) is 14.9. The highest BCUT2D eigenvalue weighted by atomic mass is 16.3. The van der Waals surface area contributed by atoms with Gasteiger partial charge in [-0.25, -0.2) is 0 Å². The van der Waals surface area contributed by atoms with Crippen LogP contribution in [0.4, 0.5) is 11.4 Å². The van der Waals surface area contributed by atoms with Crippen molar-refractivity contribution in [3.05, 3.63) is 30.1 Å². The predicted octanol–water partition coefficient (Wildman–Crippen LogP) is 2.72. The number of anilines is 2. The van der Waals surface area contributed by atoms with Crippen LogP contribution in [0.5, 0.6) is 0 Å².